The van der Waals surface area contributed by atoms with Crippen molar-refractivity contribution in [3.05, 3.63) is 24.3 Å². The first kappa shape index (κ1) is 12.4. The monoisotopic (exact) mass is 219 g/mol. The minimum Gasteiger partial charge on any atom is -0.490 e. The van der Waals surface area contributed by atoms with E-state index in [1.165, 1.54) is 0 Å². The van der Waals surface area contributed by atoms with E-state index in [-0.39, 0.29) is 6.10 Å². The normalized spacial score (nSPS) is 11.6. The summed E-state index contributed by atoms with van der Waals surface area (Å²) in [4.78, 5) is 0. The lowest BCUT2D eigenvalue weighted by Crippen LogP contribution is -2.14. The Labute approximate surface area is 96.6 Å². The third kappa shape index (κ3) is 3.47. The van der Waals surface area contributed by atoms with Crippen LogP contribution in [-0.4, -0.2) is 12.7 Å². The molecule has 0 saturated carbocycles. The summed E-state index contributed by atoms with van der Waals surface area (Å²) in [5.74, 6) is 1.45. The highest BCUT2D eigenvalue weighted by Gasteiger charge is 2.10. The maximum Gasteiger partial charge on any atom is 0.161 e. The number of hydrogen-bond acceptors (Lipinski definition) is 3. The van der Waals surface area contributed by atoms with Crippen molar-refractivity contribution in [3.63, 3.8) is 0 Å². The van der Waals surface area contributed by atoms with Gasteiger partial charge in [0.25, 0.3) is 0 Å². The van der Waals surface area contributed by atoms with Gasteiger partial charge in [0.2, 0.25) is 0 Å². The number of benzene rings is 1. The van der Waals surface area contributed by atoms with E-state index in [4.69, 9.17) is 14.7 Å². The van der Waals surface area contributed by atoms with Crippen LogP contribution in [0.4, 0.5) is 0 Å². The van der Waals surface area contributed by atoms with E-state index in [2.05, 4.69) is 6.07 Å². The van der Waals surface area contributed by atoms with Crippen LogP contribution in [0.15, 0.2) is 24.3 Å². The Kier molecular flexibility index (Phi) is 5.21. The molecule has 0 spiro atoms. The van der Waals surface area contributed by atoms with Gasteiger partial charge in [-0.15, -0.1) is 0 Å². The molecular weight excluding hydrogens is 202 g/mol. The Morgan fingerprint density at radius 3 is 2.50 bits per heavy atom. The Morgan fingerprint density at radius 2 is 1.94 bits per heavy atom. The second-order valence-corrected chi connectivity index (χ2v) is 3.39. The van der Waals surface area contributed by atoms with Crippen LogP contribution in [0.1, 0.15) is 26.7 Å². The zero-order valence-electron chi connectivity index (χ0n) is 9.77. The van der Waals surface area contributed by atoms with E-state index in [0.717, 1.165) is 12.2 Å². The maximum absolute atomic E-state index is 8.66. The van der Waals surface area contributed by atoms with Gasteiger partial charge < -0.3 is 9.47 Å². The predicted molar refractivity (Wildman–Crippen MR) is 62.5 cm³/mol. The van der Waals surface area contributed by atoms with Crippen molar-refractivity contribution in [1.82, 2.24) is 0 Å². The quantitative estimate of drug-likeness (QED) is 0.738. The number of nitriles is 1. The van der Waals surface area contributed by atoms with Gasteiger partial charge in [0, 0.05) is 0 Å². The number of rotatable bonds is 6. The van der Waals surface area contributed by atoms with Crippen LogP contribution in [0.2, 0.25) is 0 Å². The van der Waals surface area contributed by atoms with Crippen LogP contribution in [0.3, 0.4) is 0 Å². The molecule has 0 fully saturated rings. The highest BCUT2D eigenvalue weighted by Crippen LogP contribution is 2.28. The van der Waals surface area contributed by atoms with E-state index in [9.17, 15) is 0 Å². The van der Waals surface area contributed by atoms with Crippen LogP contribution in [-0.2, 0) is 0 Å². The SMILES string of the molecule is CCOc1ccccc1OC(CC)CC#N. The first-order valence-electron chi connectivity index (χ1n) is 5.57. The van der Waals surface area contributed by atoms with Gasteiger partial charge in [-0.25, -0.2) is 0 Å². The average Bonchev–Trinajstić information content (AvgIpc) is 2.31. The van der Waals surface area contributed by atoms with Crippen LogP contribution >= 0.6 is 0 Å². The zero-order chi connectivity index (χ0) is 11.8. The Bertz CT molecular complexity index is 357. The zero-order valence-corrected chi connectivity index (χ0v) is 9.77. The summed E-state index contributed by atoms with van der Waals surface area (Å²) < 4.78 is 11.2. The fraction of sp³-hybridized carbons (Fsp3) is 0.462. The van der Waals surface area contributed by atoms with Gasteiger partial charge in [-0.2, -0.15) is 5.26 Å². The molecule has 0 heterocycles. The number of ether oxygens (including phenoxy) is 2. The Morgan fingerprint density at radius 1 is 1.25 bits per heavy atom. The predicted octanol–water partition coefficient (Wildman–Crippen LogP) is 3.16. The summed E-state index contributed by atoms with van der Waals surface area (Å²) in [6.45, 7) is 4.55. The Hall–Kier alpha value is -1.69. The van der Waals surface area contributed by atoms with Crippen molar-refractivity contribution >= 4 is 0 Å². The highest BCUT2D eigenvalue weighted by molar-refractivity contribution is 5.39. The molecule has 1 rings (SSSR count). The van der Waals surface area contributed by atoms with Gasteiger partial charge in [-0.05, 0) is 25.5 Å². The number of hydrogen-bond donors (Lipinski definition) is 0. The lowest BCUT2D eigenvalue weighted by molar-refractivity contribution is 0.190. The smallest absolute Gasteiger partial charge is 0.161 e. The van der Waals surface area contributed by atoms with Crippen LogP contribution in [0, 0.1) is 11.3 Å². The largest absolute Gasteiger partial charge is 0.490 e. The standard InChI is InChI=1S/C13H17NO2/c1-3-11(9-10-14)16-13-8-6-5-7-12(13)15-4-2/h5-8,11H,3-4,9H2,1-2H3. The molecule has 86 valence electrons. The minimum atomic E-state index is -0.0633. The number of para-hydroxylation sites is 2. The van der Waals surface area contributed by atoms with Crippen LogP contribution in [0.25, 0.3) is 0 Å². The Balaban J connectivity index is 2.74. The minimum absolute atomic E-state index is 0.0633. The lowest BCUT2D eigenvalue weighted by Gasteiger charge is -2.17. The molecule has 1 unspecified atom stereocenters. The topological polar surface area (TPSA) is 42.2 Å². The van der Waals surface area contributed by atoms with Crippen LogP contribution < -0.4 is 9.47 Å². The molecule has 16 heavy (non-hydrogen) atoms. The van der Waals surface area contributed by atoms with Gasteiger partial charge in [0.15, 0.2) is 11.5 Å². The summed E-state index contributed by atoms with van der Waals surface area (Å²) in [5.41, 5.74) is 0. The molecule has 3 heteroatoms. The molecular formula is C13H17NO2. The molecule has 0 aromatic heterocycles. The van der Waals surface area contributed by atoms with Crippen molar-refractivity contribution in [2.75, 3.05) is 6.61 Å². The van der Waals surface area contributed by atoms with Crippen molar-refractivity contribution < 1.29 is 9.47 Å². The summed E-state index contributed by atoms with van der Waals surface area (Å²) >= 11 is 0. The summed E-state index contributed by atoms with van der Waals surface area (Å²) in [6.07, 6.45) is 1.15. The molecule has 1 atom stereocenters. The molecule has 0 aliphatic carbocycles. The van der Waals surface area contributed by atoms with Gasteiger partial charge >= 0.3 is 0 Å². The second-order valence-electron chi connectivity index (χ2n) is 3.39. The molecule has 0 radical (unpaired) electrons. The van der Waals surface area contributed by atoms with E-state index in [1.54, 1.807) is 0 Å². The highest BCUT2D eigenvalue weighted by atomic mass is 16.5. The fourth-order valence-electron chi connectivity index (χ4n) is 1.37. The van der Waals surface area contributed by atoms with E-state index in [0.29, 0.717) is 18.8 Å². The van der Waals surface area contributed by atoms with Gasteiger partial charge in [0.05, 0.1) is 19.1 Å². The molecule has 0 saturated heterocycles. The van der Waals surface area contributed by atoms with Gasteiger partial charge in [0.1, 0.15) is 6.10 Å². The van der Waals surface area contributed by atoms with Crippen molar-refractivity contribution in [1.29, 1.82) is 5.26 Å². The summed E-state index contributed by atoms with van der Waals surface area (Å²) in [6, 6.07) is 9.67. The fourth-order valence-corrected chi connectivity index (χ4v) is 1.37. The lowest BCUT2D eigenvalue weighted by atomic mass is 10.2. The van der Waals surface area contributed by atoms with E-state index < -0.39 is 0 Å². The third-order valence-corrected chi connectivity index (χ3v) is 2.22. The average molecular weight is 219 g/mol. The second kappa shape index (κ2) is 6.73. The first-order chi connectivity index (χ1) is 7.81. The molecule has 1 aromatic rings. The molecule has 1 aromatic carbocycles. The molecule has 0 aliphatic heterocycles. The number of nitrogens with zero attached hydrogens (tertiary/aromatic N) is 1. The molecule has 0 N–H and O–H groups in total. The van der Waals surface area contributed by atoms with Gasteiger partial charge in [-0.1, -0.05) is 19.1 Å². The molecule has 0 bridgehead atoms. The molecule has 0 aliphatic rings. The maximum atomic E-state index is 8.66. The van der Waals surface area contributed by atoms with Gasteiger partial charge in [-0.3, -0.25) is 0 Å². The molecule has 3 nitrogen and oxygen atoms in total. The van der Waals surface area contributed by atoms with Crippen molar-refractivity contribution in [3.8, 4) is 17.6 Å². The van der Waals surface area contributed by atoms with Crippen molar-refractivity contribution in [2.24, 2.45) is 0 Å². The third-order valence-electron chi connectivity index (χ3n) is 2.22. The summed E-state index contributed by atoms with van der Waals surface area (Å²) in [5, 5.41) is 8.66. The van der Waals surface area contributed by atoms with E-state index >= 15 is 0 Å². The van der Waals surface area contributed by atoms with E-state index in [1.807, 2.05) is 38.1 Å². The molecule has 0 amide bonds. The summed E-state index contributed by atoms with van der Waals surface area (Å²) in [7, 11) is 0. The van der Waals surface area contributed by atoms with Crippen molar-refractivity contribution in [2.45, 2.75) is 32.8 Å². The first-order valence-corrected chi connectivity index (χ1v) is 5.57. The van der Waals surface area contributed by atoms with Crippen LogP contribution in [0.5, 0.6) is 11.5 Å².